The van der Waals surface area contributed by atoms with Crippen LogP contribution in [-0.4, -0.2) is 13.9 Å². The van der Waals surface area contributed by atoms with Gasteiger partial charge in [0.2, 0.25) is 0 Å². The molecule has 6 heavy (non-hydrogen) atoms. The molecule has 0 aromatic heterocycles. The number of hydrogen-bond acceptors (Lipinski definition) is 0. The van der Waals surface area contributed by atoms with Gasteiger partial charge in [0.05, 0.1) is 0 Å². The first kappa shape index (κ1) is 9.94. The maximum atomic E-state index is 2.35. The van der Waals surface area contributed by atoms with E-state index in [4.69, 9.17) is 0 Å². The van der Waals surface area contributed by atoms with E-state index in [1.54, 1.807) is 0 Å². The van der Waals surface area contributed by atoms with Crippen LogP contribution in [0.4, 0.5) is 0 Å². The van der Waals surface area contributed by atoms with Crippen molar-refractivity contribution in [2.45, 2.75) is 23.9 Å². The number of hydrogen-bond donors (Lipinski definition) is 0. The summed E-state index contributed by atoms with van der Waals surface area (Å²) in [6.45, 7) is 2.25. The fraction of sp³-hybridized carbons (Fsp3) is 1.00. The Kier molecular flexibility index (Phi) is 9.62. The SMILES string of the molecule is CC[Se+](C)C.[Cl-]. The molecule has 0 N–H and O–H groups in total. The Bertz CT molecular complexity index is 21.5. The molecule has 0 atom stereocenters. The smallest absolute Gasteiger partial charge is 1.00 e. The summed E-state index contributed by atoms with van der Waals surface area (Å²) < 4.78 is 0. The van der Waals surface area contributed by atoms with Gasteiger partial charge in [-0.1, -0.05) is 0 Å². The second kappa shape index (κ2) is 5.81. The van der Waals surface area contributed by atoms with E-state index in [0.29, 0.717) is 0 Å². The minimum Gasteiger partial charge on any atom is -1.00 e. The average molecular weight is 174 g/mol. The van der Waals surface area contributed by atoms with Gasteiger partial charge in [0.25, 0.3) is 0 Å². The molecule has 0 aromatic carbocycles. The summed E-state index contributed by atoms with van der Waals surface area (Å²) in [4.78, 5) is 0. The largest absolute Gasteiger partial charge is 1.00 e. The summed E-state index contributed by atoms with van der Waals surface area (Å²) >= 11 is -0.0463. The molecule has 0 aliphatic heterocycles. The van der Waals surface area contributed by atoms with Gasteiger partial charge in [-0.3, -0.25) is 0 Å². The second-order valence-electron chi connectivity index (χ2n) is 1.27. The predicted molar refractivity (Wildman–Crippen MR) is 28.0 cm³/mol. The summed E-state index contributed by atoms with van der Waals surface area (Å²) in [5, 5.41) is 1.43. The first-order chi connectivity index (χ1) is 2.27. The Morgan fingerprint density at radius 2 is 1.50 bits per heavy atom. The third-order valence-electron chi connectivity index (χ3n) is 0.577. The van der Waals surface area contributed by atoms with Crippen LogP contribution in [0, 0.1) is 0 Å². The summed E-state index contributed by atoms with van der Waals surface area (Å²) in [6, 6.07) is 0. The maximum absolute atomic E-state index is 2.35. The zero-order valence-corrected chi connectivity index (χ0v) is 6.96. The van der Waals surface area contributed by atoms with Crippen LogP contribution in [0.1, 0.15) is 6.92 Å². The van der Waals surface area contributed by atoms with Crippen molar-refractivity contribution in [1.82, 2.24) is 0 Å². The normalized spacial score (nSPS) is 8.00. The van der Waals surface area contributed by atoms with Gasteiger partial charge in [0, 0.05) is 0 Å². The van der Waals surface area contributed by atoms with Gasteiger partial charge in [-0.25, -0.2) is 0 Å². The Morgan fingerprint density at radius 1 is 1.33 bits per heavy atom. The fourth-order valence-electron chi connectivity index (χ4n) is 0. The predicted octanol–water partition coefficient (Wildman–Crippen LogP) is -1.24. The summed E-state index contributed by atoms with van der Waals surface area (Å²) in [6.07, 6.45) is 0. The molecule has 0 amide bonds. The van der Waals surface area contributed by atoms with Gasteiger partial charge in [0.15, 0.2) is 0 Å². The van der Waals surface area contributed by atoms with E-state index in [9.17, 15) is 0 Å². The molecular weight excluding hydrogens is 162 g/mol. The van der Waals surface area contributed by atoms with Crippen LogP contribution in [0.5, 0.6) is 0 Å². The molecule has 0 nitrogen and oxygen atoms in total. The molecule has 0 radical (unpaired) electrons. The van der Waals surface area contributed by atoms with Crippen LogP contribution in [0.2, 0.25) is 17.0 Å². The van der Waals surface area contributed by atoms with E-state index in [1.165, 1.54) is 5.32 Å². The standard InChI is InChI=1S/C4H11Se.ClH/c1-4-5(2)3;/h4H2,1-3H3;1H/q+1;/p-1. The monoisotopic (exact) mass is 174 g/mol. The first-order valence-electron chi connectivity index (χ1n) is 1.81. The molecule has 0 aliphatic carbocycles. The number of halogens is 1. The molecule has 0 bridgehead atoms. The van der Waals surface area contributed by atoms with Crippen LogP contribution >= 0.6 is 0 Å². The first-order valence-corrected chi connectivity index (χ1v) is 6.45. The summed E-state index contributed by atoms with van der Waals surface area (Å²) in [5.74, 6) is 4.69. The second-order valence-corrected chi connectivity index (χ2v) is 6.62. The van der Waals surface area contributed by atoms with Gasteiger partial charge < -0.3 is 12.4 Å². The molecule has 0 fully saturated rings. The fourth-order valence-corrected chi connectivity index (χ4v) is 0. The molecule has 0 unspecified atom stereocenters. The molecule has 0 spiro atoms. The molecule has 0 rings (SSSR count). The average Bonchev–Trinajstić information content (AvgIpc) is 1.38. The van der Waals surface area contributed by atoms with E-state index >= 15 is 0 Å². The third-order valence-corrected chi connectivity index (χ3v) is 3.00. The van der Waals surface area contributed by atoms with Gasteiger partial charge in [0.1, 0.15) is 0 Å². The van der Waals surface area contributed by atoms with Crippen LogP contribution in [0.3, 0.4) is 0 Å². The molecule has 0 heterocycles. The number of rotatable bonds is 1. The Hall–Kier alpha value is 0.809. The molecule has 40 valence electrons. The van der Waals surface area contributed by atoms with Crippen LogP contribution in [0.15, 0.2) is 0 Å². The Labute approximate surface area is 50.6 Å². The minimum absolute atomic E-state index is 0. The quantitative estimate of drug-likeness (QED) is 0.436. The minimum atomic E-state index is -0.0463. The van der Waals surface area contributed by atoms with Gasteiger partial charge in [-0.15, -0.1) is 0 Å². The van der Waals surface area contributed by atoms with Gasteiger partial charge in [-0.2, -0.15) is 0 Å². The zero-order valence-electron chi connectivity index (χ0n) is 4.49. The Balaban J connectivity index is 0. The molecule has 0 saturated carbocycles. The molecule has 0 aliphatic rings. The van der Waals surface area contributed by atoms with Crippen molar-refractivity contribution in [3.05, 3.63) is 0 Å². The van der Waals surface area contributed by atoms with Crippen molar-refractivity contribution in [2.24, 2.45) is 0 Å². The summed E-state index contributed by atoms with van der Waals surface area (Å²) in [5.41, 5.74) is 0. The van der Waals surface area contributed by atoms with Gasteiger partial charge in [-0.05, 0) is 0 Å². The van der Waals surface area contributed by atoms with E-state index in [1.807, 2.05) is 0 Å². The Morgan fingerprint density at radius 3 is 1.50 bits per heavy atom. The topological polar surface area (TPSA) is 0 Å². The van der Waals surface area contributed by atoms with Crippen molar-refractivity contribution in [1.29, 1.82) is 0 Å². The van der Waals surface area contributed by atoms with Crippen molar-refractivity contribution < 1.29 is 12.4 Å². The third kappa shape index (κ3) is 8.84. The van der Waals surface area contributed by atoms with Crippen LogP contribution in [0.25, 0.3) is 0 Å². The van der Waals surface area contributed by atoms with Crippen molar-refractivity contribution >= 4 is 13.9 Å². The molecule has 0 saturated heterocycles. The van der Waals surface area contributed by atoms with Crippen molar-refractivity contribution in [3.8, 4) is 0 Å². The van der Waals surface area contributed by atoms with E-state index in [-0.39, 0.29) is 26.3 Å². The van der Waals surface area contributed by atoms with E-state index in [0.717, 1.165) is 0 Å². The summed E-state index contributed by atoms with van der Waals surface area (Å²) in [7, 11) is 0. The van der Waals surface area contributed by atoms with Crippen molar-refractivity contribution in [2.75, 3.05) is 0 Å². The molecular formula is C4H11ClSe. The van der Waals surface area contributed by atoms with Crippen LogP contribution < -0.4 is 12.4 Å². The molecule has 0 aromatic rings. The van der Waals surface area contributed by atoms with Crippen molar-refractivity contribution in [3.63, 3.8) is 0 Å². The van der Waals surface area contributed by atoms with Crippen LogP contribution in [-0.2, 0) is 0 Å². The maximum Gasteiger partial charge on any atom is -1.00 e. The van der Waals surface area contributed by atoms with E-state index in [2.05, 4.69) is 18.6 Å². The molecule has 2 heteroatoms. The van der Waals surface area contributed by atoms with Gasteiger partial charge >= 0.3 is 37.8 Å². The van der Waals surface area contributed by atoms with E-state index < -0.39 is 0 Å². The zero-order chi connectivity index (χ0) is 4.28.